The van der Waals surface area contributed by atoms with E-state index in [1.807, 2.05) is 36.4 Å². The highest BCUT2D eigenvalue weighted by atomic mass is 16.6. The van der Waals surface area contributed by atoms with Crippen molar-refractivity contribution < 1.29 is 23.8 Å². The SMILES string of the molecule is COc1ccc(C2CC(C(C)c3ccc(OC)c(OC)c3)=NO2)cc1OC. The second-order valence-electron chi connectivity index (χ2n) is 6.33. The van der Waals surface area contributed by atoms with Gasteiger partial charge < -0.3 is 23.8 Å². The fourth-order valence-electron chi connectivity index (χ4n) is 3.20. The first-order valence-corrected chi connectivity index (χ1v) is 8.77. The first kappa shape index (κ1) is 18.9. The normalized spacial score (nSPS) is 16.9. The molecule has 0 saturated carbocycles. The maximum absolute atomic E-state index is 5.70. The van der Waals surface area contributed by atoms with E-state index in [4.69, 9.17) is 23.8 Å². The summed E-state index contributed by atoms with van der Waals surface area (Å²) in [6, 6.07) is 11.7. The molecule has 6 nitrogen and oxygen atoms in total. The third-order valence-corrected chi connectivity index (χ3v) is 4.88. The molecule has 27 heavy (non-hydrogen) atoms. The van der Waals surface area contributed by atoms with Crippen LogP contribution in [0.2, 0.25) is 0 Å². The summed E-state index contributed by atoms with van der Waals surface area (Å²) in [5.74, 6) is 2.90. The number of methoxy groups -OCH3 is 4. The van der Waals surface area contributed by atoms with E-state index in [9.17, 15) is 0 Å². The van der Waals surface area contributed by atoms with Gasteiger partial charge in [-0.05, 0) is 35.4 Å². The number of rotatable bonds is 7. The molecular weight excluding hydrogens is 346 g/mol. The lowest BCUT2D eigenvalue weighted by molar-refractivity contribution is 0.0854. The van der Waals surface area contributed by atoms with Crippen LogP contribution in [0, 0.1) is 0 Å². The monoisotopic (exact) mass is 371 g/mol. The fourth-order valence-corrected chi connectivity index (χ4v) is 3.20. The second-order valence-corrected chi connectivity index (χ2v) is 6.33. The van der Waals surface area contributed by atoms with Crippen molar-refractivity contribution in [2.24, 2.45) is 5.16 Å². The van der Waals surface area contributed by atoms with Crippen molar-refractivity contribution in [1.29, 1.82) is 0 Å². The van der Waals surface area contributed by atoms with E-state index in [0.717, 1.165) is 16.8 Å². The molecule has 1 heterocycles. The van der Waals surface area contributed by atoms with Gasteiger partial charge in [0, 0.05) is 12.3 Å². The Kier molecular flexibility index (Phi) is 5.74. The zero-order valence-electron chi connectivity index (χ0n) is 16.3. The summed E-state index contributed by atoms with van der Waals surface area (Å²) in [6.07, 6.45) is 0.577. The van der Waals surface area contributed by atoms with Crippen molar-refractivity contribution in [3.8, 4) is 23.0 Å². The van der Waals surface area contributed by atoms with Crippen LogP contribution in [0.3, 0.4) is 0 Å². The van der Waals surface area contributed by atoms with Gasteiger partial charge in [0.2, 0.25) is 0 Å². The molecule has 1 aliphatic heterocycles. The van der Waals surface area contributed by atoms with Crippen LogP contribution in [-0.4, -0.2) is 34.2 Å². The molecule has 6 heteroatoms. The number of ether oxygens (including phenoxy) is 4. The molecule has 0 bridgehead atoms. The van der Waals surface area contributed by atoms with Crippen LogP contribution in [-0.2, 0) is 4.84 Å². The first-order valence-electron chi connectivity index (χ1n) is 8.77. The fraction of sp³-hybridized carbons (Fsp3) is 0.381. The number of benzene rings is 2. The maximum atomic E-state index is 5.70. The van der Waals surface area contributed by atoms with Crippen molar-refractivity contribution in [2.45, 2.75) is 25.4 Å². The van der Waals surface area contributed by atoms with Gasteiger partial charge in [0.25, 0.3) is 0 Å². The summed E-state index contributed by atoms with van der Waals surface area (Å²) < 4.78 is 21.4. The largest absolute Gasteiger partial charge is 0.493 e. The molecule has 2 aromatic rings. The number of oxime groups is 1. The Labute approximate surface area is 159 Å². The highest BCUT2D eigenvalue weighted by Crippen LogP contribution is 2.38. The minimum absolute atomic E-state index is 0.106. The molecular formula is C21H25NO5. The van der Waals surface area contributed by atoms with Crippen LogP contribution in [0.4, 0.5) is 0 Å². The van der Waals surface area contributed by atoms with Crippen LogP contribution < -0.4 is 18.9 Å². The van der Waals surface area contributed by atoms with Crippen molar-refractivity contribution >= 4 is 5.71 Å². The van der Waals surface area contributed by atoms with Gasteiger partial charge in [-0.3, -0.25) is 0 Å². The van der Waals surface area contributed by atoms with Crippen molar-refractivity contribution in [3.05, 3.63) is 47.5 Å². The second kappa shape index (κ2) is 8.20. The summed E-state index contributed by atoms with van der Waals surface area (Å²) in [7, 11) is 6.51. The van der Waals surface area contributed by atoms with Gasteiger partial charge in [-0.25, -0.2) is 0 Å². The smallest absolute Gasteiger partial charge is 0.161 e. The summed E-state index contributed by atoms with van der Waals surface area (Å²) >= 11 is 0. The Morgan fingerprint density at radius 1 is 0.852 bits per heavy atom. The van der Waals surface area contributed by atoms with Gasteiger partial charge in [-0.2, -0.15) is 0 Å². The van der Waals surface area contributed by atoms with Gasteiger partial charge in [0.05, 0.1) is 34.2 Å². The van der Waals surface area contributed by atoms with Gasteiger partial charge in [0.1, 0.15) is 0 Å². The molecule has 0 N–H and O–H groups in total. The molecule has 2 atom stereocenters. The Hall–Kier alpha value is -2.89. The number of nitrogens with zero attached hydrogens (tertiary/aromatic N) is 1. The van der Waals surface area contributed by atoms with E-state index in [-0.39, 0.29) is 12.0 Å². The first-order chi connectivity index (χ1) is 13.1. The number of hydrogen-bond donors (Lipinski definition) is 0. The van der Waals surface area contributed by atoms with E-state index in [1.165, 1.54) is 0 Å². The minimum Gasteiger partial charge on any atom is -0.493 e. The molecule has 0 radical (unpaired) electrons. The Morgan fingerprint density at radius 2 is 1.44 bits per heavy atom. The average molecular weight is 371 g/mol. The molecule has 1 aliphatic rings. The molecule has 2 unspecified atom stereocenters. The molecule has 0 aliphatic carbocycles. The maximum Gasteiger partial charge on any atom is 0.161 e. The van der Waals surface area contributed by atoms with E-state index in [1.54, 1.807) is 28.4 Å². The van der Waals surface area contributed by atoms with E-state index < -0.39 is 0 Å². The molecule has 2 aromatic carbocycles. The lowest BCUT2D eigenvalue weighted by Gasteiger charge is -2.15. The predicted molar refractivity (Wildman–Crippen MR) is 103 cm³/mol. The van der Waals surface area contributed by atoms with Gasteiger partial charge in [0.15, 0.2) is 29.1 Å². The summed E-state index contributed by atoms with van der Waals surface area (Å²) in [5, 5.41) is 4.34. The van der Waals surface area contributed by atoms with Crippen molar-refractivity contribution in [3.63, 3.8) is 0 Å². The molecule has 0 fully saturated rings. The topological polar surface area (TPSA) is 58.5 Å². The highest BCUT2D eigenvalue weighted by Gasteiger charge is 2.28. The number of hydrogen-bond acceptors (Lipinski definition) is 6. The quantitative estimate of drug-likeness (QED) is 0.724. The summed E-state index contributed by atoms with van der Waals surface area (Å²) in [4.78, 5) is 5.70. The van der Waals surface area contributed by atoms with Gasteiger partial charge in [-0.15, -0.1) is 0 Å². The Morgan fingerprint density at radius 3 is 2.07 bits per heavy atom. The van der Waals surface area contributed by atoms with E-state index in [0.29, 0.717) is 29.4 Å². The molecule has 0 spiro atoms. The van der Waals surface area contributed by atoms with E-state index in [2.05, 4.69) is 12.1 Å². The standard InChI is InChI=1S/C21H25NO5/c1-13(14-6-8-17(23-2)20(10-14)25-4)16-12-19(27-22-16)15-7-9-18(24-3)21(11-15)26-5/h6-11,13,19H,12H2,1-5H3. The Bertz CT molecular complexity index is 833. The third kappa shape index (κ3) is 3.79. The average Bonchev–Trinajstić information content (AvgIpc) is 3.22. The lowest BCUT2D eigenvalue weighted by atomic mass is 9.91. The van der Waals surface area contributed by atoms with Crippen molar-refractivity contribution in [1.82, 2.24) is 0 Å². The summed E-state index contributed by atoms with van der Waals surface area (Å²) in [6.45, 7) is 2.11. The van der Waals surface area contributed by atoms with Crippen LogP contribution in [0.1, 0.15) is 36.5 Å². The van der Waals surface area contributed by atoms with E-state index >= 15 is 0 Å². The van der Waals surface area contributed by atoms with Gasteiger partial charge >= 0.3 is 0 Å². The molecule has 3 rings (SSSR count). The molecule has 0 amide bonds. The van der Waals surface area contributed by atoms with Crippen LogP contribution in [0.25, 0.3) is 0 Å². The highest BCUT2D eigenvalue weighted by molar-refractivity contribution is 5.91. The zero-order valence-corrected chi connectivity index (χ0v) is 16.3. The third-order valence-electron chi connectivity index (χ3n) is 4.88. The minimum atomic E-state index is -0.137. The lowest BCUT2D eigenvalue weighted by Crippen LogP contribution is -2.09. The molecule has 0 aromatic heterocycles. The molecule has 0 saturated heterocycles. The molecule has 144 valence electrons. The van der Waals surface area contributed by atoms with Crippen molar-refractivity contribution in [2.75, 3.05) is 28.4 Å². The predicted octanol–water partition coefficient (Wildman–Crippen LogP) is 4.34. The zero-order chi connectivity index (χ0) is 19.4. The summed E-state index contributed by atoms with van der Waals surface area (Å²) in [5.41, 5.74) is 3.09. The van der Waals surface area contributed by atoms with Gasteiger partial charge in [-0.1, -0.05) is 24.2 Å². The van der Waals surface area contributed by atoms with Crippen LogP contribution >= 0.6 is 0 Å². The van der Waals surface area contributed by atoms with Crippen LogP contribution in [0.5, 0.6) is 23.0 Å². The van der Waals surface area contributed by atoms with Crippen LogP contribution in [0.15, 0.2) is 41.6 Å². The Balaban J connectivity index is 1.75.